The molecule has 0 spiro atoms. The fourth-order valence-corrected chi connectivity index (χ4v) is 2.69. The minimum absolute atomic E-state index is 0.0928. The van der Waals surface area contributed by atoms with E-state index in [1.807, 2.05) is 12.1 Å². The molecule has 1 atom stereocenters. The maximum atomic E-state index is 12.0. The fraction of sp³-hybridized carbons (Fsp3) is 0.500. The van der Waals surface area contributed by atoms with Crippen molar-refractivity contribution in [1.82, 2.24) is 5.32 Å². The minimum Gasteiger partial charge on any atom is -0.481 e. The Morgan fingerprint density at radius 3 is 2.67 bits per heavy atom. The minimum atomic E-state index is -0.755. The summed E-state index contributed by atoms with van der Waals surface area (Å²) in [5.74, 6) is -0.493. The number of rotatable bonds is 9. The summed E-state index contributed by atoms with van der Waals surface area (Å²) in [7, 11) is 0. The zero-order valence-corrected chi connectivity index (χ0v) is 13.9. The molecule has 116 valence electrons. The van der Waals surface area contributed by atoms with Crippen LogP contribution in [-0.4, -0.2) is 23.5 Å². The lowest BCUT2D eigenvalue weighted by Gasteiger charge is -2.15. The van der Waals surface area contributed by atoms with E-state index >= 15 is 0 Å². The summed E-state index contributed by atoms with van der Waals surface area (Å²) in [4.78, 5) is 22.6. The highest BCUT2D eigenvalue weighted by atomic mass is 79.9. The van der Waals surface area contributed by atoms with E-state index in [0.29, 0.717) is 24.4 Å². The summed E-state index contributed by atoms with van der Waals surface area (Å²) in [6.45, 7) is 2.67. The van der Waals surface area contributed by atoms with Gasteiger partial charge in [0.05, 0.1) is 0 Å². The molecule has 0 aliphatic rings. The zero-order valence-electron chi connectivity index (χ0n) is 12.3. The average Bonchev–Trinajstić information content (AvgIpc) is 2.44. The first kappa shape index (κ1) is 17.7. The van der Waals surface area contributed by atoms with Crippen LogP contribution in [0.25, 0.3) is 0 Å². The molecule has 0 saturated heterocycles. The number of carbonyl (C=O) groups excluding carboxylic acids is 1. The predicted molar refractivity (Wildman–Crippen MR) is 86.4 cm³/mol. The van der Waals surface area contributed by atoms with Crippen molar-refractivity contribution in [2.45, 2.75) is 39.0 Å². The van der Waals surface area contributed by atoms with E-state index in [9.17, 15) is 9.59 Å². The Balaban J connectivity index is 2.38. The molecule has 0 heterocycles. The van der Waals surface area contributed by atoms with Gasteiger partial charge in [0, 0.05) is 23.0 Å². The Labute approximate surface area is 134 Å². The van der Waals surface area contributed by atoms with Crippen molar-refractivity contribution in [1.29, 1.82) is 0 Å². The van der Waals surface area contributed by atoms with Crippen LogP contribution in [0.15, 0.2) is 28.7 Å². The second-order valence-electron chi connectivity index (χ2n) is 5.14. The molecule has 0 saturated carbocycles. The lowest BCUT2D eigenvalue weighted by atomic mass is 9.94. The number of hydrogen-bond acceptors (Lipinski definition) is 2. The van der Waals surface area contributed by atoms with E-state index in [-0.39, 0.29) is 12.3 Å². The molecular weight excluding hydrogens is 334 g/mol. The zero-order chi connectivity index (χ0) is 15.7. The first-order chi connectivity index (χ1) is 10.0. The van der Waals surface area contributed by atoms with Gasteiger partial charge < -0.3 is 10.4 Å². The summed E-state index contributed by atoms with van der Waals surface area (Å²) in [5, 5.41) is 11.6. The largest absolute Gasteiger partial charge is 0.481 e. The third-order valence-electron chi connectivity index (χ3n) is 3.39. The van der Waals surface area contributed by atoms with Crippen molar-refractivity contribution >= 4 is 27.8 Å². The fourth-order valence-electron chi connectivity index (χ4n) is 2.29. The molecule has 0 aliphatic heterocycles. The van der Waals surface area contributed by atoms with Gasteiger partial charge in [-0.3, -0.25) is 9.59 Å². The van der Waals surface area contributed by atoms with Gasteiger partial charge >= 0.3 is 5.97 Å². The molecule has 2 N–H and O–H groups in total. The van der Waals surface area contributed by atoms with Crippen LogP contribution in [0.5, 0.6) is 0 Å². The van der Waals surface area contributed by atoms with E-state index in [1.165, 1.54) is 0 Å². The number of hydrogen-bond donors (Lipinski definition) is 2. The van der Waals surface area contributed by atoms with Crippen molar-refractivity contribution in [3.8, 4) is 0 Å². The number of carboxylic acids is 1. The molecule has 21 heavy (non-hydrogen) atoms. The number of amides is 1. The lowest BCUT2D eigenvalue weighted by Crippen LogP contribution is -2.26. The van der Waals surface area contributed by atoms with E-state index in [0.717, 1.165) is 23.7 Å². The molecule has 0 aliphatic carbocycles. The molecule has 1 unspecified atom stereocenters. The first-order valence-electron chi connectivity index (χ1n) is 7.28. The van der Waals surface area contributed by atoms with Crippen LogP contribution < -0.4 is 5.32 Å². The highest BCUT2D eigenvalue weighted by Gasteiger charge is 2.11. The summed E-state index contributed by atoms with van der Waals surface area (Å²) in [6.07, 6.45) is 3.73. The van der Waals surface area contributed by atoms with Gasteiger partial charge in [-0.2, -0.15) is 0 Å². The van der Waals surface area contributed by atoms with Gasteiger partial charge in [-0.25, -0.2) is 0 Å². The number of carbonyl (C=O) groups is 2. The van der Waals surface area contributed by atoms with Crippen LogP contribution in [-0.2, 0) is 4.79 Å². The first-order valence-corrected chi connectivity index (χ1v) is 8.07. The van der Waals surface area contributed by atoms with Crippen molar-refractivity contribution in [2.75, 3.05) is 6.54 Å². The van der Waals surface area contributed by atoms with Crippen LogP contribution in [0.1, 0.15) is 49.4 Å². The maximum Gasteiger partial charge on any atom is 0.303 e. The van der Waals surface area contributed by atoms with Crippen molar-refractivity contribution in [3.05, 3.63) is 34.3 Å². The number of aliphatic carboxylic acids is 1. The van der Waals surface area contributed by atoms with Crippen LogP contribution in [0.2, 0.25) is 0 Å². The molecule has 0 fully saturated rings. The lowest BCUT2D eigenvalue weighted by molar-refractivity contribution is -0.137. The molecule has 5 heteroatoms. The molecule has 0 aromatic heterocycles. The third kappa shape index (κ3) is 7.27. The molecule has 1 amide bonds. The van der Waals surface area contributed by atoms with E-state index < -0.39 is 5.97 Å². The van der Waals surface area contributed by atoms with Gasteiger partial charge in [0.15, 0.2) is 0 Å². The van der Waals surface area contributed by atoms with E-state index in [2.05, 4.69) is 28.2 Å². The summed E-state index contributed by atoms with van der Waals surface area (Å²) in [6, 6.07) is 7.25. The molecule has 1 aromatic rings. The van der Waals surface area contributed by atoms with Crippen molar-refractivity contribution in [2.24, 2.45) is 5.92 Å². The smallest absolute Gasteiger partial charge is 0.303 e. The SMILES string of the molecule is CCCC(CCNC(=O)c1cccc(Br)c1)CCC(=O)O. The van der Waals surface area contributed by atoms with E-state index in [4.69, 9.17) is 5.11 Å². The van der Waals surface area contributed by atoms with Gasteiger partial charge in [-0.05, 0) is 37.0 Å². The highest BCUT2D eigenvalue weighted by Crippen LogP contribution is 2.17. The monoisotopic (exact) mass is 355 g/mol. The molecule has 0 radical (unpaired) electrons. The molecular formula is C16H22BrNO3. The Morgan fingerprint density at radius 2 is 2.05 bits per heavy atom. The maximum absolute atomic E-state index is 12.0. The normalized spacial score (nSPS) is 11.9. The topological polar surface area (TPSA) is 66.4 Å². The van der Waals surface area contributed by atoms with Crippen molar-refractivity contribution in [3.63, 3.8) is 0 Å². The van der Waals surface area contributed by atoms with Gasteiger partial charge in [0.1, 0.15) is 0 Å². The van der Waals surface area contributed by atoms with Crippen molar-refractivity contribution < 1.29 is 14.7 Å². The van der Waals surface area contributed by atoms with Crippen LogP contribution >= 0.6 is 15.9 Å². The quantitative estimate of drug-likeness (QED) is 0.706. The van der Waals surface area contributed by atoms with Crippen LogP contribution in [0, 0.1) is 5.92 Å². The number of benzene rings is 1. The number of nitrogens with one attached hydrogen (secondary N) is 1. The van der Waals surface area contributed by atoms with Gasteiger partial charge in [-0.15, -0.1) is 0 Å². The summed E-state index contributed by atoms with van der Waals surface area (Å²) < 4.78 is 0.875. The standard InChI is InChI=1S/C16H22BrNO3/c1-2-4-12(7-8-15(19)20)9-10-18-16(21)13-5-3-6-14(17)11-13/h3,5-6,11-12H,2,4,7-10H2,1H3,(H,18,21)(H,19,20). The third-order valence-corrected chi connectivity index (χ3v) is 3.88. The highest BCUT2D eigenvalue weighted by molar-refractivity contribution is 9.10. The van der Waals surface area contributed by atoms with Crippen LogP contribution in [0.4, 0.5) is 0 Å². The Morgan fingerprint density at radius 1 is 1.29 bits per heavy atom. The number of halogens is 1. The van der Waals surface area contributed by atoms with Gasteiger partial charge in [-0.1, -0.05) is 41.8 Å². The molecule has 0 bridgehead atoms. The summed E-state index contributed by atoms with van der Waals surface area (Å²) in [5.41, 5.74) is 0.627. The summed E-state index contributed by atoms with van der Waals surface area (Å²) >= 11 is 3.34. The second-order valence-corrected chi connectivity index (χ2v) is 6.06. The number of carboxylic acid groups (broad SMARTS) is 1. The second kappa shape index (κ2) is 9.55. The van der Waals surface area contributed by atoms with Crippen LogP contribution in [0.3, 0.4) is 0 Å². The molecule has 1 rings (SSSR count). The average molecular weight is 356 g/mol. The Kier molecular flexibility index (Phi) is 8.05. The molecule has 1 aromatic carbocycles. The Bertz CT molecular complexity index is 476. The predicted octanol–water partition coefficient (Wildman–Crippen LogP) is 3.85. The molecule has 4 nitrogen and oxygen atoms in total. The van der Waals surface area contributed by atoms with E-state index in [1.54, 1.807) is 12.1 Å². The Hall–Kier alpha value is -1.36. The van der Waals surface area contributed by atoms with Gasteiger partial charge in [0.25, 0.3) is 5.91 Å². The van der Waals surface area contributed by atoms with Gasteiger partial charge in [0.2, 0.25) is 0 Å².